The maximum atomic E-state index is 12.5. The van der Waals surface area contributed by atoms with Crippen LogP contribution >= 0.6 is 0 Å². The molecule has 1 aliphatic heterocycles. The predicted molar refractivity (Wildman–Crippen MR) is 87.6 cm³/mol. The van der Waals surface area contributed by atoms with Crippen LogP contribution in [-0.2, 0) is 14.8 Å². The Balaban J connectivity index is 1.78. The van der Waals surface area contributed by atoms with Gasteiger partial charge in [-0.05, 0) is 31.4 Å². The highest BCUT2D eigenvalue weighted by molar-refractivity contribution is 7.89. The van der Waals surface area contributed by atoms with E-state index < -0.39 is 16.1 Å². The van der Waals surface area contributed by atoms with Crippen LogP contribution in [0.5, 0.6) is 0 Å². The number of aryl methyl sites for hydroxylation is 1. The molecule has 1 aromatic carbocycles. The first-order valence-electron chi connectivity index (χ1n) is 7.78. The fourth-order valence-electron chi connectivity index (χ4n) is 2.61. The molecule has 1 saturated heterocycles. The summed E-state index contributed by atoms with van der Waals surface area (Å²) in [7, 11) is -3.76. The molecule has 1 atom stereocenters. The summed E-state index contributed by atoms with van der Waals surface area (Å²) in [5, 5.41) is 2.72. The molecule has 0 spiro atoms. The molecule has 2 N–H and O–H groups in total. The Bertz CT molecular complexity index is 827. The standard InChI is InChI=1S/C16H19N3O4S/c1-11-18-15(10-23-11)12-5-7-13(8-6-12)24(21,22)19-14-4-2-3-9-17-16(14)20/h5-8,10,14,19H,2-4,9H2,1H3,(H,17,20)/t14-/m1/s1. The van der Waals surface area contributed by atoms with E-state index in [1.165, 1.54) is 18.4 Å². The molecule has 0 unspecified atom stereocenters. The second-order valence-corrected chi connectivity index (χ2v) is 7.45. The highest BCUT2D eigenvalue weighted by Crippen LogP contribution is 2.21. The first-order valence-corrected chi connectivity index (χ1v) is 9.27. The normalized spacial score (nSPS) is 18.9. The van der Waals surface area contributed by atoms with Crippen LogP contribution in [-0.4, -0.2) is 31.9 Å². The second kappa shape index (κ2) is 6.74. The molecule has 7 nitrogen and oxygen atoms in total. The number of nitrogens with one attached hydrogen (secondary N) is 2. The van der Waals surface area contributed by atoms with Gasteiger partial charge in [-0.3, -0.25) is 4.79 Å². The van der Waals surface area contributed by atoms with Crippen LogP contribution in [0.4, 0.5) is 0 Å². The second-order valence-electron chi connectivity index (χ2n) is 5.74. The number of rotatable bonds is 4. The fourth-order valence-corrected chi connectivity index (χ4v) is 3.84. The minimum atomic E-state index is -3.76. The molecule has 3 rings (SSSR count). The number of carbonyl (C=O) groups is 1. The van der Waals surface area contributed by atoms with E-state index in [9.17, 15) is 13.2 Å². The largest absolute Gasteiger partial charge is 0.449 e. The quantitative estimate of drug-likeness (QED) is 0.873. The van der Waals surface area contributed by atoms with Gasteiger partial charge in [-0.25, -0.2) is 13.4 Å². The number of nitrogens with zero attached hydrogens (tertiary/aromatic N) is 1. The van der Waals surface area contributed by atoms with Gasteiger partial charge in [0.25, 0.3) is 0 Å². The van der Waals surface area contributed by atoms with Crippen molar-refractivity contribution in [3.05, 3.63) is 36.4 Å². The number of benzene rings is 1. The zero-order valence-corrected chi connectivity index (χ0v) is 14.1. The lowest BCUT2D eigenvalue weighted by atomic mass is 10.1. The van der Waals surface area contributed by atoms with Crippen LogP contribution < -0.4 is 10.0 Å². The van der Waals surface area contributed by atoms with E-state index in [1.54, 1.807) is 19.1 Å². The molecule has 24 heavy (non-hydrogen) atoms. The molecule has 0 aliphatic carbocycles. The molecule has 1 fully saturated rings. The summed E-state index contributed by atoms with van der Waals surface area (Å²) in [6.45, 7) is 2.33. The van der Waals surface area contributed by atoms with Gasteiger partial charge in [0.15, 0.2) is 5.89 Å². The van der Waals surface area contributed by atoms with Gasteiger partial charge in [-0.1, -0.05) is 12.1 Å². The van der Waals surface area contributed by atoms with Crippen molar-refractivity contribution in [3.63, 3.8) is 0 Å². The van der Waals surface area contributed by atoms with E-state index in [0.717, 1.165) is 18.4 Å². The molecule has 0 saturated carbocycles. The Morgan fingerprint density at radius 2 is 2.00 bits per heavy atom. The first kappa shape index (κ1) is 16.7. The van der Waals surface area contributed by atoms with Gasteiger partial charge >= 0.3 is 0 Å². The van der Waals surface area contributed by atoms with Crippen LogP contribution in [0.25, 0.3) is 11.3 Å². The Labute approximate surface area is 140 Å². The number of hydrogen-bond donors (Lipinski definition) is 2. The molecule has 1 aliphatic rings. The molecule has 1 aromatic heterocycles. The summed E-state index contributed by atoms with van der Waals surface area (Å²) in [5.74, 6) is 0.272. The van der Waals surface area contributed by atoms with Crippen LogP contribution in [0.1, 0.15) is 25.2 Å². The van der Waals surface area contributed by atoms with E-state index >= 15 is 0 Å². The molecule has 128 valence electrons. The zero-order valence-electron chi connectivity index (χ0n) is 13.3. The van der Waals surface area contributed by atoms with Gasteiger partial charge in [-0.15, -0.1) is 0 Å². The Hall–Kier alpha value is -2.19. The number of hydrogen-bond acceptors (Lipinski definition) is 5. The number of aromatic nitrogens is 1. The Morgan fingerprint density at radius 1 is 1.25 bits per heavy atom. The van der Waals surface area contributed by atoms with Crippen molar-refractivity contribution in [2.45, 2.75) is 37.1 Å². The van der Waals surface area contributed by atoms with E-state index in [4.69, 9.17) is 4.42 Å². The molecule has 0 bridgehead atoms. The van der Waals surface area contributed by atoms with Crippen LogP contribution in [0.2, 0.25) is 0 Å². The highest BCUT2D eigenvalue weighted by Gasteiger charge is 2.26. The van der Waals surface area contributed by atoms with Crippen molar-refractivity contribution >= 4 is 15.9 Å². The molecule has 8 heteroatoms. The number of amides is 1. The minimum Gasteiger partial charge on any atom is -0.449 e. The van der Waals surface area contributed by atoms with Crippen molar-refractivity contribution in [1.82, 2.24) is 15.0 Å². The van der Waals surface area contributed by atoms with Crippen molar-refractivity contribution in [2.24, 2.45) is 0 Å². The highest BCUT2D eigenvalue weighted by atomic mass is 32.2. The minimum absolute atomic E-state index is 0.114. The molecule has 0 radical (unpaired) electrons. The Morgan fingerprint density at radius 3 is 2.67 bits per heavy atom. The summed E-state index contributed by atoms with van der Waals surface area (Å²) in [4.78, 5) is 16.2. The lowest BCUT2D eigenvalue weighted by Crippen LogP contribution is -2.45. The van der Waals surface area contributed by atoms with Crippen molar-refractivity contribution in [1.29, 1.82) is 0 Å². The summed E-state index contributed by atoms with van der Waals surface area (Å²) >= 11 is 0. The van der Waals surface area contributed by atoms with Gasteiger partial charge in [0, 0.05) is 19.0 Å². The van der Waals surface area contributed by atoms with Gasteiger partial charge < -0.3 is 9.73 Å². The third-order valence-corrected chi connectivity index (χ3v) is 5.40. The fraction of sp³-hybridized carbons (Fsp3) is 0.375. The Kier molecular flexibility index (Phi) is 4.68. The van der Waals surface area contributed by atoms with Crippen LogP contribution in [0.3, 0.4) is 0 Å². The van der Waals surface area contributed by atoms with Gasteiger partial charge in [0.2, 0.25) is 15.9 Å². The number of oxazole rings is 1. The smallest absolute Gasteiger partial charge is 0.241 e. The average Bonchev–Trinajstić information content (AvgIpc) is 2.90. The molecule has 2 heterocycles. The average molecular weight is 349 g/mol. The monoisotopic (exact) mass is 349 g/mol. The van der Waals surface area contributed by atoms with Gasteiger partial charge in [0.1, 0.15) is 18.0 Å². The third kappa shape index (κ3) is 3.65. The van der Waals surface area contributed by atoms with Gasteiger partial charge in [0.05, 0.1) is 4.90 Å². The molecule has 1 amide bonds. The van der Waals surface area contributed by atoms with E-state index in [-0.39, 0.29) is 10.8 Å². The SMILES string of the molecule is Cc1nc(-c2ccc(S(=O)(=O)N[C@@H]3CCCCNC3=O)cc2)co1. The van der Waals surface area contributed by atoms with E-state index in [0.29, 0.717) is 24.6 Å². The van der Waals surface area contributed by atoms with E-state index in [2.05, 4.69) is 15.0 Å². The maximum Gasteiger partial charge on any atom is 0.241 e. The summed E-state index contributed by atoms with van der Waals surface area (Å²) in [6.07, 6.45) is 3.68. The summed E-state index contributed by atoms with van der Waals surface area (Å²) < 4.78 is 32.6. The topological polar surface area (TPSA) is 101 Å². The summed E-state index contributed by atoms with van der Waals surface area (Å²) in [6, 6.07) is 5.60. The third-order valence-electron chi connectivity index (χ3n) is 3.91. The van der Waals surface area contributed by atoms with Crippen molar-refractivity contribution in [3.8, 4) is 11.3 Å². The number of carbonyl (C=O) groups excluding carboxylic acids is 1. The van der Waals surface area contributed by atoms with Crippen molar-refractivity contribution in [2.75, 3.05) is 6.54 Å². The maximum absolute atomic E-state index is 12.5. The molecule has 2 aromatic rings. The summed E-state index contributed by atoms with van der Waals surface area (Å²) in [5.41, 5.74) is 1.41. The van der Waals surface area contributed by atoms with E-state index in [1.807, 2.05) is 0 Å². The zero-order chi connectivity index (χ0) is 17.2. The van der Waals surface area contributed by atoms with Crippen molar-refractivity contribution < 1.29 is 17.6 Å². The molecular weight excluding hydrogens is 330 g/mol. The molecular formula is C16H19N3O4S. The lowest BCUT2D eigenvalue weighted by molar-refractivity contribution is -0.122. The predicted octanol–water partition coefficient (Wildman–Crippen LogP) is 1.60. The lowest BCUT2D eigenvalue weighted by Gasteiger charge is -2.15. The number of sulfonamides is 1. The first-order chi connectivity index (χ1) is 11.5. The van der Waals surface area contributed by atoms with Crippen LogP contribution in [0, 0.1) is 6.92 Å². The van der Waals surface area contributed by atoms with Gasteiger partial charge in [-0.2, -0.15) is 4.72 Å². The van der Waals surface area contributed by atoms with Crippen LogP contribution in [0.15, 0.2) is 39.8 Å².